The molecule has 1 heterocycles. The Bertz CT molecular complexity index is 407. The van der Waals surface area contributed by atoms with E-state index in [1.807, 2.05) is 11.6 Å². The average Bonchev–Trinajstić information content (AvgIpc) is 3.17. The summed E-state index contributed by atoms with van der Waals surface area (Å²) in [4.78, 5) is 0. The van der Waals surface area contributed by atoms with Gasteiger partial charge >= 0.3 is 0 Å². The first-order valence-corrected chi connectivity index (χ1v) is 7.14. The zero-order valence-electron chi connectivity index (χ0n) is 11.5. The van der Waals surface area contributed by atoms with Crippen molar-refractivity contribution in [2.75, 3.05) is 20.3 Å². The van der Waals surface area contributed by atoms with Crippen molar-refractivity contribution >= 4 is 11.6 Å². The second-order valence-corrected chi connectivity index (χ2v) is 5.28. The van der Waals surface area contributed by atoms with E-state index in [9.17, 15) is 0 Å². The number of hydrogen-bond acceptors (Lipinski definition) is 4. The molecule has 0 saturated heterocycles. The Hall–Kier alpha value is -0.620. The van der Waals surface area contributed by atoms with Crippen LogP contribution in [0, 0.1) is 5.92 Å². The average molecular weight is 288 g/mol. The first-order valence-electron chi connectivity index (χ1n) is 6.76. The molecular weight excluding hydrogens is 266 g/mol. The standard InChI is InChI=1S/C13H22ClN3O2/c1-3-19-13(9-4-5-9)11(15)12-10(14)8-16-17(12)6-7-18-2/h8-9,11,13H,3-7,15H2,1-2H3. The lowest BCUT2D eigenvalue weighted by atomic mass is 10.0. The third-order valence-electron chi connectivity index (χ3n) is 3.46. The fourth-order valence-corrected chi connectivity index (χ4v) is 2.63. The lowest BCUT2D eigenvalue weighted by molar-refractivity contribution is 0.0260. The topological polar surface area (TPSA) is 62.3 Å². The quantitative estimate of drug-likeness (QED) is 0.794. The largest absolute Gasteiger partial charge is 0.383 e. The van der Waals surface area contributed by atoms with Gasteiger partial charge in [0.25, 0.3) is 0 Å². The molecule has 6 heteroatoms. The van der Waals surface area contributed by atoms with E-state index >= 15 is 0 Å². The van der Waals surface area contributed by atoms with Crippen LogP contribution in [0.1, 0.15) is 31.5 Å². The molecule has 1 aromatic heterocycles. The summed E-state index contributed by atoms with van der Waals surface area (Å²) >= 11 is 6.23. The van der Waals surface area contributed by atoms with Crippen LogP contribution in [-0.4, -0.2) is 36.2 Å². The molecule has 0 amide bonds. The van der Waals surface area contributed by atoms with Crippen LogP contribution in [0.15, 0.2) is 6.20 Å². The van der Waals surface area contributed by atoms with Gasteiger partial charge in [-0.25, -0.2) is 0 Å². The Morgan fingerprint density at radius 2 is 2.32 bits per heavy atom. The van der Waals surface area contributed by atoms with Gasteiger partial charge in [0.15, 0.2) is 0 Å². The summed E-state index contributed by atoms with van der Waals surface area (Å²) in [6.45, 7) is 3.89. The molecule has 19 heavy (non-hydrogen) atoms. The first kappa shape index (κ1) is 14.8. The van der Waals surface area contributed by atoms with Gasteiger partial charge in [0.1, 0.15) is 0 Å². The summed E-state index contributed by atoms with van der Waals surface area (Å²) in [5.74, 6) is 0.553. The van der Waals surface area contributed by atoms with Gasteiger partial charge in [-0.05, 0) is 25.7 Å². The van der Waals surface area contributed by atoms with Gasteiger partial charge in [-0.15, -0.1) is 0 Å². The molecule has 2 unspecified atom stereocenters. The van der Waals surface area contributed by atoms with Crippen LogP contribution in [0.25, 0.3) is 0 Å². The molecule has 0 aliphatic heterocycles. The number of aromatic nitrogens is 2. The first-order chi connectivity index (χ1) is 9.19. The van der Waals surface area contributed by atoms with E-state index in [2.05, 4.69) is 5.10 Å². The maximum Gasteiger partial charge on any atom is 0.0835 e. The summed E-state index contributed by atoms with van der Waals surface area (Å²) in [6, 6.07) is -0.237. The molecule has 1 saturated carbocycles. The maximum absolute atomic E-state index is 6.37. The molecule has 2 N–H and O–H groups in total. The predicted molar refractivity (Wildman–Crippen MR) is 74.2 cm³/mol. The highest BCUT2D eigenvalue weighted by Crippen LogP contribution is 2.40. The molecule has 108 valence electrons. The molecule has 0 spiro atoms. The van der Waals surface area contributed by atoms with E-state index in [-0.39, 0.29) is 12.1 Å². The minimum Gasteiger partial charge on any atom is -0.383 e. The molecule has 0 aromatic carbocycles. The van der Waals surface area contributed by atoms with Crippen LogP contribution in [0.2, 0.25) is 5.02 Å². The van der Waals surface area contributed by atoms with Gasteiger partial charge in [-0.1, -0.05) is 11.6 Å². The van der Waals surface area contributed by atoms with Crippen molar-refractivity contribution < 1.29 is 9.47 Å². The normalized spacial score (nSPS) is 18.5. The van der Waals surface area contributed by atoms with Crippen LogP contribution in [0.3, 0.4) is 0 Å². The molecule has 0 bridgehead atoms. The molecule has 2 atom stereocenters. The van der Waals surface area contributed by atoms with Crippen molar-refractivity contribution in [3.63, 3.8) is 0 Å². The van der Waals surface area contributed by atoms with E-state index in [0.29, 0.717) is 30.7 Å². The van der Waals surface area contributed by atoms with Gasteiger partial charge in [0.2, 0.25) is 0 Å². The third-order valence-corrected chi connectivity index (χ3v) is 3.75. The number of nitrogens with two attached hydrogens (primary N) is 1. The number of hydrogen-bond donors (Lipinski definition) is 1. The Morgan fingerprint density at radius 3 is 2.89 bits per heavy atom. The molecule has 1 aliphatic rings. The van der Waals surface area contributed by atoms with Crippen molar-refractivity contribution in [1.82, 2.24) is 9.78 Å². The Morgan fingerprint density at radius 1 is 1.58 bits per heavy atom. The third kappa shape index (κ3) is 3.48. The van der Waals surface area contributed by atoms with Crippen LogP contribution >= 0.6 is 11.6 Å². The minimum atomic E-state index is -0.237. The predicted octanol–water partition coefficient (Wildman–Crippen LogP) is 2.00. The highest BCUT2D eigenvalue weighted by Gasteiger charge is 2.38. The van der Waals surface area contributed by atoms with E-state index in [1.165, 1.54) is 12.8 Å². The van der Waals surface area contributed by atoms with Crippen molar-refractivity contribution in [2.45, 2.75) is 38.5 Å². The molecule has 1 aliphatic carbocycles. The van der Waals surface area contributed by atoms with E-state index in [4.69, 9.17) is 26.8 Å². The molecule has 5 nitrogen and oxygen atoms in total. The zero-order chi connectivity index (χ0) is 13.8. The molecule has 1 fully saturated rings. The highest BCUT2D eigenvalue weighted by molar-refractivity contribution is 6.31. The lowest BCUT2D eigenvalue weighted by Crippen LogP contribution is -2.33. The lowest BCUT2D eigenvalue weighted by Gasteiger charge is -2.24. The summed E-state index contributed by atoms with van der Waals surface area (Å²) in [5, 5.41) is 4.87. The molecule has 1 aromatic rings. The van der Waals surface area contributed by atoms with Crippen molar-refractivity contribution in [2.24, 2.45) is 11.7 Å². The van der Waals surface area contributed by atoms with Gasteiger partial charge in [-0.3, -0.25) is 4.68 Å². The summed E-state index contributed by atoms with van der Waals surface area (Å²) in [5.41, 5.74) is 7.22. The van der Waals surface area contributed by atoms with Gasteiger partial charge < -0.3 is 15.2 Å². The smallest absolute Gasteiger partial charge is 0.0835 e. The molecular formula is C13H22ClN3O2. The number of ether oxygens (including phenoxy) is 2. The van der Waals surface area contributed by atoms with E-state index in [0.717, 1.165) is 5.69 Å². The monoisotopic (exact) mass is 287 g/mol. The SMILES string of the molecule is CCOC(C1CC1)C(N)c1c(Cl)cnn1CCOC. The second-order valence-electron chi connectivity index (χ2n) is 4.88. The van der Waals surface area contributed by atoms with Crippen LogP contribution in [0.4, 0.5) is 0 Å². The van der Waals surface area contributed by atoms with Crippen molar-refractivity contribution in [1.29, 1.82) is 0 Å². The van der Waals surface area contributed by atoms with Gasteiger partial charge in [0, 0.05) is 13.7 Å². The molecule has 2 rings (SSSR count). The summed E-state index contributed by atoms with van der Waals surface area (Å²) in [6.07, 6.45) is 4.03. The Kier molecular flexibility index (Phi) is 5.21. The number of rotatable bonds is 8. The van der Waals surface area contributed by atoms with Crippen molar-refractivity contribution in [3.05, 3.63) is 16.9 Å². The highest BCUT2D eigenvalue weighted by atomic mass is 35.5. The zero-order valence-corrected chi connectivity index (χ0v) is 12.3. The second kappa shape index (κ2) is 6.70. The van der Waals surface area contributed by atoms with Crippen LogP contribution < -0.4 is 5.73 Å². The Labute approximate surface area is 119 Å². The van der Waals surface area contributed by atoms with Gasteiger partial charge in [0.05, 0.1) is 42.2 Å². The summed E-state index contributed by atoms with van der Waals surface area (Å²) in [7, 11) is 1.66. The van der Waals surface area contributed by atoms with Crippen LogP contribution in [0.5, 0.6) is 0 Å². The fraction of sp³-hybridized carbons (Fsp3) is 0.769. The van der Waals surface area contributed by atoms with E-state index < -0.39 is 0 Å². The van der Waals surface area contributed by atoms with Crippen molar-refractivity contribution in [3.8, 4) is 0 Å². The number of nitrogens with zero attached hydrogens (tertiary/aromatic N) is 2. The molecule has 0 radical (unpaired) electrons. The fourth-order valence-electron chi connectivity index (χ4n) is 2.37. The van der Waals surface area contributed by atoms with Gasteiger partial charge in [-0.2, -0.15) is 5.10 Å². The van der Waals surface area contributed by atoms with E-state index in [1.54, 1.807) is 13.3 Å². The summed E-state index contributed by atoms with van der Waals surface area (Å²) < 4.78 is 12.7. The minimum absolute atomic E-state index is 0.0282. The number of methoxy groups -OCH3 is 1. The number of halogens is 1. The maximum atomic E-state index is 6.37. The Balaban J connectivity index is 2.15. The van der Waals surface area contributed by atoms with Crippen LogP contribution in [-0.2, 0) is 16.0 Å².